The first kappa shape index (κ1) is 18.3. The number of hydrogen-bond donors (Lipinski definition) is 0. The maximum atomic E-state index is 13.3. The van der Waals surface area contributed by atoms with E-state index in [-0.39, 0.29) is 36.6 Å². The van der Waals surface area contributed by atoms with Gasteiger partial charge in [-0.3, -0.25) is 9.59 Å². The lowest BCUT2D eigenvalue weighted by atomic mass is 9.86. The van der Waals surface area contributed by atoms with Gasteiger partial charge in [0.1, 0.15) is 0 Å². The van der Waals surface area contributed by atoms with Gasteiger partial charge in [-0.25, -0.2) is 0 Å². The van der Waals surface area contributed by atoms with E-state index in [2.05, 4.69) is 0 Å². The summed E-state index contributed by atoms with van der Waals surface area (Å²) in [5.74, 6) is 0.0426. The molecule has 1 aromatic carbocycles. The molecule has 0 radical (unpaired) electrons. The molecule has 3 aliphatic rings. The summed E-state index contributed by atoms with van der Waals surface area (Å²) < 4.78 is 44.9. The summed E-state index contributed by atoms with van der Waals surface area (Å²) in [6, 6.07) is 6.78. The third-order valence-corrected chi connectivity index (χ3v) is 6.14. The van der Waals surface area contributed by atoms with Crippen molar-refractivity contribution < 1.29 is 27.5 Å². The van der Waals surface area contributed by atoms with Crippen LogP contribution in [-0.2, 0) is 19.7 Å². The zero-order chi connectivity index (χ0) is 19.2. The van der Waals surface area contributed by atoms with Crippen molar-refractivity contribution in [2.75, 3.05) is 19.7 Å². The fraction of sp³-hybridized carbons (Fsp3) is 0.600. The lowest BCUT2D eigenvalue weighted by molar-refractivity contribution is -0.160. The van der Waals surface area contributed by atoms with E-state index in [0.717, 1.165) is 5.56 Å². The van der Waals surface area contributed by atoms with E-state index < -0.39 is 11.6 Å². The molecule has 1 saturated carbocycles. The highest BCUT2D eigenvalue weighted by atomic mass is 19.4. The normalized spacial score (nSPS) is 24.5. The van der Waals surface area contributed by atoms with Crippen molar-refractivity contribution in [1.29, 1.82) is 0 Å². The van der Waals surface area contributed by atoms with Gasteiger partial charge in [0.25, 0.3) is 0 Å². The average Bonchev–Trinajstić information content (AvgIpc) is 3.30. The van der Waals surface area contributed by atoms with Gasteiger partial charge in [-0.15, -0.1) is 0 Å². The van der Waals surface area contributed by atoms with E-state index >= 15 is 0 Å². The molecule has 1 amide bonds. The Hall–Kier alpha value is -2.05. The van der Waals surface area contributed by atoms with E-state index in [0.29, 0.717) is 44.5 Å². The smallest absolute Gasteiger partial charge is 0.398 e. The molecule has 3 fully saturated rings. The number of alkyl halides is 3. The predicted octanol–water partition coefficient (Wildman–Crippen LogP) is 3.55. The molecule has 1 aliphatic carbocycles. The standard InChI is InChI=1S/C20H22F3NO3/c21-20(22,23)19(6-7-19)16-3-1-2-14(9-16)15-10-24(11-15)17(25)5-4-13-8-18(26)27-12-13/h1-3,9,13,15H,4-8,10-12H2/t13-/m0/s1. The summed E-state index contributed by atoms with van der Waals surface area (Å²) in [5, 5.41) is 0. The SMILES string of the molecule is O=C1C[C@H](CCC(=O)N2CC(c3cccc(C4(C(F)(F)F)CC4)c3)C2)CO1. The maximum absolute atomic E-state index is 13.3. The van der Waals surface area contributed by atoms with Crippen LogP contribution in [0.1, 0.15) is 49.1 Å². The van der Waals surface area contributed by atoms with Gasteiger partial charge in [0.05, 0.1) is 18.4 Å². The van der Waals surface area contributed by atoms with Crippen molar-refractivity contribution in [3.8, 4) is 0 Å². The number of benzene rings is 1. The molecule has 27 heavy (non-hydrogen) atoms. The van der Waals surface area contributed by atoms with Crippen molar-refractivity contribution in [2.24, 2.45) is 5.92 Å². The average molecular weight is 381 g/mol. The largest absolute Gasteiger partial charge is 0.465 e. The van der Waals surface area contributed by atoms with Crippen molar-refractivity contribution >= 4 is 11.9 Å². The van der Waals surface area contributed by atoms with Gasteiger partial charge in [-0.05, 0) is 30.4 Å². The zero-order valence-corrected chi connectivity index (χ0v) is 14.9. The minimum absolute atomic E-state index is 0.0377. The summed E-state index contributed by atoms with van der Waals surface area (Å²) in [6.07, 6.45) is -2.51. The number of carbonyl (C=O) groups is 2. The molecule has 0 spiro atoms. The van der Waals surface area contributed by atoms with Gasteiger partial charge in [-0.2, -0.15) is 13.2 Å². The van der Waals surface area contributed by atoms with Crippen LogP contribution in [0.3, 0.4) is 0 Å². The second kappa shape index (κ2) is 6.53. The Balaban J connectivity index is 1.31. The number of ether oxygens (including phenoxy) is 1. The summed E-state index contributed by atoms with van der Waals surface area (Å²) in [7, 11) is 0. The minimum atomic E-state index is -4.21. The van der Waals surface area contributed by atoms with E-state index in [1.165, 1.54) is 0 Å². The Morgan fingerprint density at radius 1 is 1.26 bits per heavy atom. The summed E-state index contributed by atoms with van der Waals surface area (Å²) in [4.78, 5) is 25.1. The van der Waals surface area contributed by atoms with Gasteiger partial charge in [-0.1, -0.05) is 24.3 Å². The summed E-state index contributed by atoms with van der Waals surface area (Å²) >= 11 is 0. The molecule has 7 heteroatoms. The monoisotopic (exact) mass is 381 g/mol. The van der Waals surface area contributed by atoms with Crippen molar-refractivity contribution in [2.45, 2.75) is 49.6 Å². The number of amides is 1. The molecule has 2 aliphatic heterocycles. The second-order valence-electron chi connectivity index (χ2n) is 7.99. The Morgan fingerprint density at radius 2 is 2.00 bits per heavy atom. The second-order valence-corrected chi connectivity index (χ2v) is 7.99. The van der Waals surface area contributed by atoms with Crippen molar-refractivity contribution in [1.82, 2.24) is 4.90 Å². The van der Waals surface area contributed by atoms with Crippen LogP contribution in [0.25, 0.3) is 0 Å². The highest BCUT2D eigenvalue weighted by Gasteiger charge is 2.64. The van der Waals surface area contributed by atoms with E-state index in [4.69, 9.17) is 4.74 Å². The molecule has 4 rings (SSSR count). The fourth-order valence-electron chi connectivity index (χ4n) is 4.08. The van der Waals surface area contributed by atoms with Gasteiger partial charge >= 0.3 is 12.1 Å². The van der Waals surface area contributed by atoms with Gasteiger partial charge in [0.15, 0.2) is 0 Å². The summed E-state index contributed by atoms with van der Waals surface area (Å²) in [6.45, 7) is 1.48. The number of carbonyl (C=O) groups excluding carboxylic acids is 2. The van der Waals surface area contributed by atoms with Crippen molar-refractivity contribution in [3.63, 3.8) is 0 Å². The fourth-order valence-corrected chi connectivity index (χ4v) is 4.08. The van der Waals surface area contributed by atoms with E-state index in [1.807, 2.05) is 6.07 Å². The number of nitrogens with zero attached hydrogens (tertiary/aromatic N) is 1. The molecule has 2 saturated heterocycles. The summed E-state index contributed by atoms with van der Waals surface area (Å²) in [5.41, 5.74) is -0.437. The highest BCUT2D eigenvalue weighted by Crippen LogP contribution is 2.59. The van der Waals surface area contributed by atoms with Crippen LogP contribution >= 0.6 is 0 Å². The van der Waals surface area contributed by atoms with E-state index in [9.17, 15) is 22.8 Å². The minimum Gasteiger partial charge on any atom is -0.465 e. The number of hydrogen-bond acceptors (Lipinski definition) is 3. The quantitative estimate of drug-likeness (QED) is 0.733. The van der Waals surface area contributed by atoms with Crippen LogP contribution in [0.5, 0.6) is 0 Å². The maximum Gasteiger partial charge on any atom is 0.398 e. The predicted molar refractivity (Wildman–Crippen MR) is 91.0 cm³/mol. The van der Waals surface area contributed by atoms with Gasteiger partial charge in [0, 0.05) is 31.3 Å². The zero-order valence-electron chi connectivity index (χ0n) is 14.9. The molecule has 0 bridgehead atoms. The van der Waals surface area contributed by atoms with Crippen LogP contribution in [0.15, 0.2) is 24.3 Å². The molecule has 0 N–H and O–H groups in total. The molecular formula is C20H22F3NO3. The first-order valence-corrected chi connectivity index (χ1v) is 9.39. The molecule has 1 atom stereocenters. The molecular weight excluding hydrogens is 359 g/mol. The molecule has 0 aromatic heterocycles. The van der Waals surface area contributed by atoms with Crippen LogP contribution in [-0.4, -0.2) is 42.6 Å². The molecule has 1 aromatic rings. The Bertz CT molecular complexity index is 751. The van der Waals surface area contributed by atoms with Crippen molar-refractivity contribution in [3.05, 3.63) is 35.4 Å². The number of halogens is 3. The van der Waals surface area contributed by atoms with E-state index in [1.54, 1.807) is 23.1 Å². The van der Waals surface area contributed by atoms with Crippen LogP contribution in [0, 0.1) is 5.92 Å². The van der Waals surface area contributed by atoms with Gasteiger partial charge < -0.3 is 9.64 Å². The molecule has 2 heterocycles. The van der Waals surface area contributed by atoms with Gasteiger partial charge in [0.2, 0.25) is 5.91 Å². The first-order chi connectivity index (χ1) is 12.8. The lowest BCUT2D eigenvalue weighted by Gasteiger charge is -2.40. The first-order valence-electron chi connectivity index (χ1n) is 9.39. The topological polar surface area (TPSA) is 46.6 Å². The third-order valence-electron chi connectivity index (χ3n) is 6.14. The molecule has 146 valence electrons. The third kappa shape index (κ3) is 3.44. The van der Waals surface area contributed by atoms with Crippen LogP contribution in [0.2, 0.25) is 0 Å². The molecule has 4 nitrogen and oxygen atoms in total. The highest BCUT2D eigenvalue weighted by molar-refractivity contribution is 5.77. The van der Waals surface area contributed by atoms with Crippen LogP contribution < -0.4 is 0 Å². The Kier molecular flexibility index (Phi) is 4.43. The Labute approximate surface area is 155 Å². The number of rotatable bonds is 5. The Morgan fingerprint density at radius 3 is 2.59 bits per heavy atom. The lowest BCUT2D eigenvalue weighted by Crippen LogP contribution is -2.48. The molecule has 0 unspecified atom stereocenters. The number of likely N-dealkylation sites (tertiary alicyclic amines) is 1. The van der Waals surface area contributed by atoms with Crippen LogP contribution in [0.4, 0.5) is 13.2 Å². The number of esters is 1. The number of cyclic esters (lactones) is 1.